The number of likely N-dealkylation sites (tertiary alicyclic amines) is 1. The van der Waals surface area contributed by atoms with Gasteiger partial charge >= 0.3 is 0 Å². The Hall–Kier alpha value is -0.570. The summed E-state index contributed by atoms with van der Waals surface area (Å²) in [5.74, 6) is 0.801. The fraction of sp³-hybridized carbons (Fsp3) is 0.900. The summed E-state index contributed by atoms with van der Waals surface area (Å²) in [5, 5.41) is 0. The van der Waals surface area contributed by atoms with Gasteiger partial charge in [0.1, 0.15) is 0 Å². The van der Waals surface area contributed by atoms with Crippen molar-refractivity contribution < 1.29 is 4.79 Å². The van der Waals surface area contributed by atoms with Crippen LogP contribution < -0.4 is 5.73 Å². The fourth-order valence-electron chi connectivity index (χ4n) is 1.89. The van der Waals surface area contributed by atoms with E-state index in [9.17, 15) is 4.79 Å². The topological polar surface area (TPSA) is 46.3 Å². The van der Waals surface area contributed by atoms with Crippen molar-refractivity contribution in [1.82, 2.24) is 4.90 Å². The summed E-state index contributed by atoms with van der Waals surface area (Å²) in [6.45, 7) is 5.76. The van der Waals surface area contributed by atoms with Crippen LogP contribution >= 0.6 is 0 Å². The van der Waals surface area contributed by atoms with E-state index in [0.717, 1.165) is 19.5 Å². The minimum absolute atomic E-state index is 0.109. The molecule has 1 saturated heterocycles. The highest BCUT2D eigenvalue weighted by molar-refractivity contribution is 5.81. The van der Waals surface area contributed by atoms with Crippen LogP contribution in [-0.4, -0.2) is 29.9 Å². The van der Waals surface area contributed by atoms with Crippen LogP contribution in [-0.2, 0) is 4.79 Å². The third kappa shape index (κ3) is 2.69. The maximum absolute atomic E-state index is 11.6. The van der Waals surface area contributed by atoms with Crippen LogP contribution in [0.3, 0.4) is 0 Å². The summed E-state index contributed by atoms with van der Waals surface area (Å²) in [4.78, 5) is 13.5. The average molecular weight is 184 g/mol. The molecule has 2 N–H and O–H groups in total. The highest BCUT2D eigenvalue weighted by atomic mass is 16.2. The molecular formula is C10H20N2O. The molecule has 1 aliphatic rings. The smallest absolute Gasteiger partial charge is 0.239 e. The first-order valence-electron chi connectivity index (χ1n) is 5.19. The van der Waals surface area contributed by atoms with Gasteiger partial charge in [0.05, 0.1) is 6.04 Å². The molecule has 0 aromatic rings. The molecule has 1 fully saturated rings. The van der Waals surface area contributed by atoms with E-state index in [1.807, 2.05) is 4.90 Å². The lowest BCUT2D eigenvalue weighted by molar-refractivity contribution is -0.134. The first-order valence-corrected chi connectivity index (χ1v) is 5.19. The Bertz CT molecular complexity index is 180. The molecule has 3 nitrogen and oxygen atoms in total. The molecule has 3 heteroatoms. The van der Waals surface area contributed by atoms with Crippen LogP contribution in [0.25, 0.3) is 0 Å². The number of nitrogens with zero attached hydrogens (tertiary/aromatic N) is 1. The molecule has 2 atom stereocenters. The number of carbonyl (C=O) groups is 1. The van der Waals surface area contributed by atoms with E-state index in [1.54, 1.807) is 6.92 Å². The second-order valence-corrected chi connectivity index (χ2v) is 3.99. The van der Waals surface area contributed by atoms with E-state index >= 15 is 0 Å². The third-order valence-electron chi connectivity index (χ3n) is 2.80. The maximum Gasteiger partial charge on any atom is 0.239 e. The molecule has 76 valence electrons. The van der Waals surface area contributed by atoms with Crippen molar-refractivity contribution in [2.24, 2.45) is 11.7 Å². The van der Waals surface area contributed by atoms with Crippen LogP contribution in [0.1, 0.15) is 33.1 Å². The lowest BCUT2D eigenvalue weighted by Gasteiger charge is -2.33. The second kappa shape index (κ2) is 4.61. The molecule has 0 saturated carbocycles. The lowest BCUT2D eigenvalue weighted by Crippen LogP contribution is -2.46. The number of nitrogens with two attached hydrogens (primary N) is 1. The zero-order valence-corrected chi connectivity index (χ0v) is 8.62. The molecule has 0 aromatic heterocycles. The summed E-state index contributed by atoms with van der Waals surface area (Å²) in [6.07, 6.45) is 3.57. The molecule has 1 aliphatic heterocycles. The number of hydrogen-bond acceptors (Lipinski definition) is 2. The predicted molar refractivity (Wildman–Crippen MR) is 53.2 cm³/mol. The van der Waals surface area contributed by atoms with E-state index in [0.29, 0.717) is 5.92 Å². The molecule has 0 bridgehead atoms. The predicted octanol–water partition coefficient (Wildman–Crippen LogP) is 0.982. The Morgan fingerprint density at radius 1 is 1.69 bits per heavy atom. The van der Waals surface area contributed by atoms with Gasteiger partial charge in [0.2, 0.25) is 5.91 Å². The molecule has 1 heterocycles. The molecule has 0 radical (unpaired) electrons. The molecule has 0 spiro atoms. The van der Waals surface area contributed by atoms with Crippen molar-refractivity contribution in [3.8, 4) is 0 Å². The number of hydrogen-bond donors (Lipinski definition) is 1. The highest BCUT2D eigenvalue weighted by Gasteiger charge is 2.23. The number of carbonyl (C=O) groups excluding carboxylic acids is 1. The Morgan fingerprint density at radius 3 is 2.92 bits per heavy atom. The molecule has 13 heavy (non-hydrogen) atoms. The van der Waals surface area contributed by atoms with Gasteiger partial charge in [-0.2, -0.15) is 0 Å². The van der Waals surface area contributed by atoms with Gasteiger partial charge in [0, 0.05) is 13.1 Å². The van der Waals surface area contributed by atoms with Gasteiger partial charge in [0.15, 0.2) is 0 Å². The molecule has 0 aliphatic carbocycles. The Labute approximate surface area is 80.3 Å². The first kappa shape index (κ1) is 10.5. The van der Waals surface area contributed by atoms with E-state index in [-0.39, 0.29) is 11.9 Å². The summed E-state index contributed by atoms with van der Waals surface area (Å²) >= 11 is 0. The number of piperidine rings is 1. The SMILES string of the molecule is CCC1CCCN(C(=O)[C@H](C)N)C1. The van der Waals surface area contributed by atoms with Gasteiger partial charge in [-0.3, -0.25) is 4.79 Å². The van der Waals surface area contributed by atoms with Crippen molar-refractivity contribution in [2.75, 3.05) is 13.1 Å². The molecule has 0 aromatic carbocycles. The zero-order valence-electron chi connectivity index (χ0n) is 8.62. The van der Waals surface area contributed by atoms with Crippen LogP contribution in [0, 0.1) is 5.92 Å². The van der Waals surface area contributed by atoms with Crippen LogP contribution in [0.5, 0.6) is 0 Å². The summed E-state index contributed by atoms with van der Waals surface area (Å²) in [5.41, 5.74) is 5.56. The van der Waals surface area contributed by atoms with Gasteiger partial charge in [0.25, 0.3) is 0 Å². The van der Waals surface area contributed by atoms with Crippen molar-refractivity contribution in [3.05, 3.63) is 0 Å². The van der Waals surface area contributed by atoms with Crippen LogP contribution in [0.4, 0.5) is 0 Å². The van der Waals surface area contributed by atoms with Crippen molar-refractivity contribution in [3.63, 3.8) is 0 Å². The quantitative estimate of drug-likeness (QED) is 0.695. The van der Waals surface area contributed by atoms with E-state index in [4.69, 9.17) is 5.73 Å². The van der Waals surface area contributed by atoms with E-state index in [2.05, 4.69) is 6.92 Å². The minimum Gasteiger partial charge on any atom is -0.341 e. The zero-order chi connectivity index (χ0) is 9.84. The Kier molecular flexibility index (Phi) is 3.72. The molecular weight excluding hydrogens is 164 g/mol. The average Bonchev–Trinajstić information content (AvgIpc) is 2.16. The summed E-state index contributed by atoms with van der Waals surface area (Å²) in [7, 11) is 0. The summed E-state index contributed by atoms with van der Waals surface area (Å²) in [6, 6.07) is -0.337. The highest BCUT2D eigenvalue weighted by Crippen LogP contribution is 2.19. The van der Waals surface area contributed by atoms with Crippen molar-refractivity contribution >= 4 is 5.91 Å². The minimum atomic E-state index is -0.337. The van der Waals surface area contributed by atoms with Gasteiger partial charge in [-0.25, -0.2) is 0 Å². The van der Waals surface area contributed by atoms with Crippen LogP contribution in [0.15, 0.2) is 0 Å². The van der Waals surface area contributed by atoms with E-state index in [1.165, 1.54) is 12.8 Å². The number of rotatable bonds is 2. The van der Waals surface area contributed by atoms with Crippen LogP contribution in [0.2, 0.25) is 0 Å². The first-order chi connectivity index (χ1) is 6.15. The van der Waals surface area contributed by atoms with Crippen molar-refractivity contribution in [1.29, 1.82) is 0 Å². The van der Waals surface area contributed by atoms with E-state index < -0.39 is 0 Å². The maximum atomic E-state index is 11.6. The molecule has 1 unspecified atom stereocenters. The normalized spacial score (nSPS) is 25.8. The summed E-state index contributed by atoms with van der Waals surface area (Å²) < 4.78 is 0. The lowest BCUT2D eigenvalue weighted by atomic mass is 9.95. The van der Waals surface area contributed by atoms with Gasteiger partial charge in [-0.15, -0.1) is 0 Å². The number of amides is 1. The van der Waals surface area contributed by atoms with Gasteiger partial charge < -0.3 is 10.6 Å². The largest absolute Gasteiger partial charge is 0.341 e. The Balaban J connectivity index is 2.46. The van der Waals surface area contributed by atoms with Gasteiger partial charge in [-0.1, -0.05) is 13.3 Å². The van der Waals surface area contributed by atoms with Gasteiger partial charge in [-0.05, 0) is 25.7 Å². The second-order valence-electron chi connectivity index (χ2n) is 3.99. The molecule has 1 rings (SSSR count). The molecule has 1 amide bonds. The standard InChI is InChI=1S/C10H20N2O/c1-3-9-5-4-6-12(7-9)10(13)8(2)11/h8-9H,3-7,11H2,1-2H3/t8-,9?/m0/s1. The Morgan fingerprint density at radius 2 is 2.38 bits per heavy atom. The van der Waals surface area contributed by atoms with Crippen molar-refractivity contribution in [2.45, 2.75) is 39.2 Å². The monoisotopic (exact) mass is 184 g/mol. The third-order valence-corrected chi connectivity index (χ3v) is 2.80. The fourth-order valence-corrected chi connectivity index (χ4v) is 1.89.